The van der Waals surface area contributed by atoms with Crippen LogP contribution in [-0.2, 0) is 44.7 Å². The highest BCUT2D eigenvalue weighted by atomic mass is 16.5. The Morgan fingerprint density at radius 3 is 1.26 bits per heavy atom. The zero-order chi connectivity index (χ0) is 29.7. The number of carbonyl (C=O) groups excluding carboxylic acids is 2. The second-order valence-corrected chi connectivity index (χ2v) is 10.8. The topological polar surface area (TPSA) is 52.6 Å². The van der Waals surface area contributed by atoms with Gasteiger partial charge in [-0.05, 0) is 58.4 Å². The smallest absolute Gasteiger partial charge is 0.324 e. The van der Waals surface area contributed by atoms with Gasteiger partial charge in [-0.1, -0.05) is 96.8 Å². The average molecular weight is 555 g/mol. The van der Waals surface area contributed by atoms with Crippen molar-refractivity contribution < 1.29 is 19.1 Å². The third kappa shape index (κ3) is 5.17. The van der Waals surface area contributed by atoms with Crippen molar-refractivity contribution >= 4 is 36.2 Å². The van der Waals surface area contributed by atoms with Crippen LogP contribution in [0, 0.1) is 35.5 Å². The second kappa shape index (κ2) is 12.0. The molecule has 2 aliphatic rings. The molecule has 210 valence electrons. The van der Waals surface area contributed by atoms with Crippen LogP contribution in [-0.4, -0.2) is 25.2 Å². The van der Waals surface area contributed by atoms with Gasteiger partial charge in [0.15, 0.2) is 0 Å². The van der Waals surface area contributed by atoms with Crippen LogP contribution in [0.2, 0.25) is 0 Å². The van der Waals surface area contributed by atoms with E-state index in [1.165, 1.54) is 0 Å². The summed E-state index contributed by atoms with van der Waals surface area (Å²) in [6.07, 6.45) is 21.8. The summed E-state index contributed by atoms with van der Waals surface area (Å²) in [4.78, 5) is 26.6. The molecule has 0 atom stereocenters. The number of hydrogen-bond donors (Lipinski definition) is 0. The van der Waals surface area contributed by atoms with Crippen LogP contribution in [0.1, 0.15) is 58.4 Å². The molecule has 42 heavy (non-hydrogen) atoms. The minimum atomic E-state index is -1.11. The summed E-state index contributed by atoms with van der Waals surface area (Å²) in [5.74, 6) is 4.87. The molecule has 5 rings (SSSR count). The number of carbonyl (C=O) groups is 2. The van der Waals surface area contributed by atoms with Crippen LogP contribution in [0.4, 0.5) is 0 Å². The molecule has 0 saturated heterocycles. The Labute approximate surface area is 248 Å². The van der Waals surface area contributed by atoms with E-state index in [1.807, 2.05) is 60.7 Å². The maximum Gasteiger partial charge on any atom is 0.324 e. The van der Waals surface area contributed by atoms with Crippen LogP contribution >= 0.6 is 0 Å². The summed E-state index contributed by atoms with van der Waals surface area (Å²) in [6, 6.07) is 20.0. The van der Waals surface area contributed by atoms with Gasteiger partial charge in [0.1, 0.15) is 10.8 Å². The summed E-state index contributed by atoms with van der Waals surface area (Å²) < 4.78 is 11.0. The largest absolute Gasteiger partial charge is 0.465 e. The Balaban J connectivity index is 1.75. The Morgan fingerprint density at radius 1 is 0.643 bits per heavy atom. The first-order valence-electron chi connectivity index (χ1n) is 14.4. The van der Waals surface area contributed by atoms with Crippen molar-refractivity contribution in [1.29, 1.82) is 0 Å². The molecule has 0 fully saturated rings. The van der Waals surface area contributed by atoms with Gasteiger partial charge < -0.3 is 9.47 Å². The number of benzene rings is 3. The van der Waals surface area contributed by atoms with Gasteiger partial charge >= 0.3 is 11.9 Å². The molecule has 0 spiro atoms. The fraction of sp³-hybridized carbons (Fsp3) is 0.263. The summed E-state index contributed by atoms with van der Waals surface area (Å²) in [5, 5.41) is 0. The molecular weight excluding hydrogens is 520 g/mol. The SMILES string of the molecule is C#CC1(C(=O)OCC)Cc2c(/C=C/c3ccccc3)c3c(c(/C=C/c4ccccc4)c2C1)CC(C#C)(C(=O)OCC)C3. The van der Waals surface area contributed by atoms with E-state index in [2.05, 4.69) is 36.1 Å². The van der Waals surface area contributed by atoms with Gasteiger partial charge in [-0.25, -0.2) is 0 Å². The van der Waals surface area contributed by atoms with Crippen LogP contribution in [0.25, 0.3) is 24.3 Å². The molecule has 0 amide bonds. The fourth-order valence-electron chi connectivity index (χ4n) is 6.19. The molecule has 0 radical (unpaired) electrons. The maximum atomic E-state index is 13.3. The van der Waals surface area contributed by atoms with Crippen molar-refractivity contribution in [2.75, 3.05) is 13.2 Å². The quantitative estimate of drug-likeness (QED) is 0.179. The standard InChI is InChI=1S/C38H34O4/c1-5-37(35(39)41-7-3)23-31-29(21-19-27-15-11-9-12-16-27)33-25-38(6-2,36(40)42-8-4)26-34(33)30(32(31)24-37)22-20-28-17-13-10-14-18-28/h1-2,9-22H,7-8,23-26H2,3-4H3/b21-19+,22-20+. The van der Waals surface area contributed by atoms with Crippen molar-refractivity contribution in [3.63, 3.8) is 0 Å². The molecule has 4 heteroatoms. The molecule has 0 saturated carbocycles. The fourth-order valence-corrected chi connectivity index (χ4v) is 6.19. The van der Waals surface area contributed by atoms with E-state index in [9.17, 15) is 9.59 Å². The molecule has 0 heterocycles. The van der Waals surface area contributed by atoms with Crippen LogP contribution in [0.5, 0.6) is 0 Å². The van der Waals surface area contributed by atoms with Gasteiger partial charge in [0.05, 0.1) is 13.2 Å². The molecule has 0 bridgehead atoms. The Kier molecular flexibility index (Phi) is 8.19. The lowest BCUT2D eigenvalue weighted by Gasteiger charge is -2.21. The first-order chi connectivity index (χ1) is 20.4. The van der Waals surface area contributed by atoms with E-state index in [0.717, 1.165) is 44.5 Å². The van der Waals surface area contributed by atoms with E-state index in [-0.39, 0.29) is 25.2 Å². The summed E-state index contributed by atoms with van der Waals surface area (Å²) in [7, 11) is 0. The average Bonchev–Trinajstić information content (AvgIpc) is 3.61. The molecule has 3 aromatic rings. The highest BCUT2D eigenvalue weighted by Gasteiger charge is 2.50. The number of esters is 2. The van der Waals surface area contributed by atoms with Crippen LogP contribution in [0.15, 0.2) is 60.7 Å². The number of hydrogen-bond acceptors (Lipinski definition) is 4. The Hall–Kier alpha value is -4.80. The zero-order valence-electron chi connectivity index (χ0n) is 24.1. The van der Waals surface area contributed by atoms with Gasteiger partial charge in [0.25, 0.3) is 0 Å². The normalized spacial score (nSPS) is 16.0. The van der Waals surface area contributed by atoms with Gasteiger partial charge in [-0.3, -0.25) is 9.59 Å². The number of ether oxygens (including phenoxy) is 2. The second-order valence-electron chi connectivity index (χ2n) is 10.8. The highest BCUT2D eigenvalue weighted by Crippen LogP contribution is 2.50. The van der Waals surface area contributed by atoms with Crippen molar-refractivity contribution in [2.45, 2.75) is 39.5 Å². The molecule has 2 aliphatic carbocycles. The minimum Gasteiger partial charge on any atom is -0.465 e. The molecule has 0 unspecified atom stereocenters. The third-order valence-corrected chi connectivity index (χ3v) is 8.31. The van der Waals surface area contributed by atoms with Crippen molar-refractivity contribution in [1.82, 2.24) is 0 Å². The monoisotopic (exact) mass is 554 g/mol. The van der Waals surface area contributed by atoms with E-state index in [1.54, 1.807) is 13.8 Å². The van der Waals surface area contributed by atoms with Gasteiger partial charge in [0, 0.05) is 25.7 Å². The summed E-state index contributed by atoms with van der Waals surface area (Å²) >= 11 is 0. The van der Waals surface area contributed by atoms with Crippen molar-refractivity contribution in [2.24, 2.45) is 10.8 Å². The highest BCUT2D eigenvalue weighted by molar-refractivity contribution is 5.90. The van der Waals surface area contributed by atoms with Crippen molar-refractivity contribution in [3.8, 4) is 24.7 Å². The van der Waals surface area contributed by atoms with Gasteiger partial charge in [-0.2, -0.15) is 0 Å². The first kappa shape index (κ1) is 28.7. The Morgan fingerprint density at radius 2 is 0.976 bits per heavy atom. The van der Waals surface area contributed by atoms with E-state index in [0.29, 0.717) is 25.7 Å². The molecule has 0 N–H and O–H groups in total. The van der Waals surface area contributed by atoms with E-state index >= 15 is 0 Å². The lowest BCUT2D eigenvalue weighted by molar-refractivity contribution is -0.152. The zero-order valence-corrected chi connectivity index (χ0v) is 24.1. The van der Waals surface area contributed by atoms with Gasteiger partial charge in [0.2, 0.25) is 0 Å². The molecule has 3 aromatic carbocycles. The number of terminal acetylenes is 2. The molecular formula is C38H34O4. The predicted octanol–water partition coefficient (Wildman–Crippen LogP) is 6.59. The van der Waals surface area contributed by atoms with Gasteiger partial charge in [-0.15, -0.1) is 12.8 Å². The van der Waals surface area contributed by atoms with Crippen molar-refractivity contribution in [3.05, 3.63) is 105 Å². The third-order valence-electron chi connectivity index (χ3n) is 8.31. The van der Waals surface area contributed by atoms with E-state index < -0.39 is 10.8 Å². The molecule has 4 nitrogen and oxygen atoms in total. The lowest BCUT2D eigenvalue weighted by Crippen LogP contribution is -2.33. The number of fused-ring (bicyclic) bond motifs is 2. The molecule has 0 aromatic heterocycles. The summed E-state index contributed by atoms with van der Waals surface area (Å²) in [5.41, 5.74) is 5.76. The number of rotatable bonds is 8. The molecule has 0 aliphatic heterocycles. The Bertz CT molecular complexity index is 1480. The minimum absolute atomic E-state index is 0.251. The predicted molar refractivity (Wildman–Crippen MR) is 168 cm³/mol. The lowest BCUT2D eigenvalue weighted by atomic mass is 9.83. The summed E-state index contributed by atoms with van der Waals surface area (Å²) in [6.45, 7) is 4.08. The van der Waals surface area contributed by atoms with E-state index in [4.69, 9.17) is 22.3 Å². The first-order valence-corrected chi connectivity index (χ1v) is 14.4. The van der Waals surface area contributed by atoms with Crippen LogP contribution < -0.4 is 0 Å². The maximum absolute atomic E-state index is 13.3. The van der Waals surface area contributed by atoms with Crippen LogP contribution in [0.3, 0.4) is 0 Å².